The summed E-state index contributed by atoms with van der Waals surface area (Å²) in [4.78, 5) is 22.6. The zero-order chi connectivity index (χ0) is 13.9. The van der Waals surface area contributed by atoms with Crippen LogP contribution in [0.15, 0.2) is 18.2 Å². The summed E-state index contributed by atoms with van der Waals surface area (Å²) in [5.74, 6) is 0. The Balaban J connectivity index is 3.15. The van der Waals surface area contributed by atoms with E-state index in [-0.39, 0.29) is 17.8 Å². The van der Waals surface area contributed by atoms with E-state index < -0.39 is 10.5 Å². The maximum absolute atomic E-state index is 11.0. The molecule has 6 nitrogen and oxygen atoms in total. The number of rotatable bonds is 5. The van der Waals surface area contributed by atoms with Crippen molar-refractivity contribution < 1.29 is 14.8 Å². The van der Waals surface area contributed by atoms with Gasteiger partial charge >= 0.3 is 0 Å². The lowest BCUT2D eigenvalue weighted by atomic mass is 10.1. The van der Waals surface area contributed by atoms with Crippen molar-refractivity contribution >= 4 is 17.7 Å². The summed E-state index contributed by atoms with van der Waals surface area (Å²) in [7, 11) is 1.65. The number of carbonyl (C=O) groups excluding carboxylic acids is 1. The lowest BCUT2D eigenvalue weighted by Crippen LogP contribution is -2.36. The Morgan fingerprint density at radius 2 is 2.11 bits per heavy atom. The number of likely N-dealkylation sites (N-methyl/N-ethyl adjacent to an activating group) is 1. The van der Waals surface area contributed by atoms with Gasteiger partial charge in [-0.1, -0.05) is 0 Å². The van der Waals surface area contributed by atoms with E-state index in [2.05, 4.69) is 0 Å². The monoisotopic (exact) mass is 252 g/mol. The van der Waals surface area contributed by atoms with Gasteiger partial charge in [-0.3, -0.25) is 14.9 Å². The molecule has 1 N–H and O–H groups in total. The normalized spacial score (nSPS) is 11.1. The topological polar surface area (TPSA) is 83.7 Å². The van der Waals surface area contributed by atoms with E-state index in [1.807, 2.05) is 0 Å². The smallest absolute Gasteiger partial charge is 0.293 e. The van der Waals surface area contributed by atoms with Crippen molar-refractivity contribution in [2.45, 2.75) is 19.4 Å². The molecule has 0 amide bonds. The number of aldehydes is 1. The Hall–Kier alpha value is -1.95. The summed E-state index contributed by atoms with van der Waals surface area (Å²) in [6.07, 6.45) is 0.562. The van der Waals surface area contributed by atoms with E-state index >= 15 is 0 Å². The highest BCUT2D eigenvalue weighted by molar-refractivity contribution is 5.79. The van der Waals surface area contributed by atoms with Gasteiger partial charge in [-0.25, -0.2) is 0 Å². The predicted octanol–water partition coefficient (Wildman–Crippen LogP) is 1.61. The molecular formula is C12H16N2O4. The highest BCUT2D eigenvalue weighted by atomic mass is 16.6. The molecule has 1 aromatic carbocycles. The summed E-state index contributed by atoms with van der Waals surface area (Å²) < 4.78 is 0. The molecule has 1 rings (SSSR count). The highest BCUT2D eigenvalue weighted by Gasteiger charge is 2.22. The number of nitro benzene ring substituents is 1. The molecule has 0 aliphatic heterocycles. The van der Waals surface area contributed by atoms with Crippen molar-refractivity contribution in [2.24, 2.45) is 0 Å². The Labute approximate surface area is 105 Å². The van der Waals surface area contributed by atoms with Crippen LogP contribution in [0.1, 0.15) is 24.2 Å². The Morgan fingerprint density at radius 1 is 1.50 bits per heavy atom. The van der Waals surface area contributed by atoms with Gasteiger partial charge in [0.15, 0.2) is 0 Å². The second-order valence-electron chi connectivity index (χ2n) is 4.79. The van der Waals surface area contributed by atoms with Crippen molar-refractivity contribution in [1.82, 2.24) is 0 Å². The third-order valence-corrected chi connectivity index (χ3v) is 2.37. The van der Waals surface area contributed by atoms with Crippen LogP contribution >= 0.6 is 0 Å². The van der Waals surface area contributed by atoms with Crippen LogP contribution in [0.25, 0.3) is 0 Å². The second-order valence-corrected chi connectivity index (χ2v) is 4.79. The minimum atomic E-state index is -0.966. The zero-order valence-electron chi connectivity index (χ0n) is 10.6. The quantitative estimate of drug-likeness (QED) is 0.489. The number of aliphatic hydroxyl groups is 1. The van der Waals surface area contributed by atoms with Gasteiger partial charge in [0.05, 0.1) is 10.5 Å². The molecule has 0 unspecified atom stereocenters. The van der Waals surface area contributed by atoms with E-state index in [9.17, 15) is 20.0 Å². The Bertz CT molecular complexity index is 466. The molecule has 0 aliphatic rings. The minimum Gasteiger partial charge on any atom is -0.389 e. The van der Waals surface area contributed by atoms with E-state index in [1.54, 1.807) is 25.8 Å². The first-order valence-corrected chi connectivity index (χ1v) is 5.42. The Kier molecular flexibility index (Phi) is 4.03. The zero-order valence-corrected chi connectivity index (χ0v) is 10.6. The van der Waals surface area contributed by atoms with Crippen molar-refractivity contribution in [3.05, 3.63) is 33.9 Å². The van der Waals surface area contributed by atoms with Crippen LogP contribution in [0.5, 0.6) is 0 Å². The molecule has 1 aromatic rings. The lowest BCUT2D eigenvalue weighted by molar-refractivity contribution is -0.384. The highest BCUT2D eigenvalue weighted by Crippen LogP contribution is 2.28. The molecule has 0 aromatic heterocycles. The van der Waals surface area contributed by atoms with Crippen LogP contribution in [0.4, 0.5) is 11.4 Å². The third-order valence-electron chi connectivity index (χ3n) is 2.37. The summed E-state index contributed by atoms with van der Waals surface area (Å²) in [5.41, 5.74) is -0.493. The van der Waals surface area contributed by atoms with Crippen LogP contribution < -0.4 is 4.90 Å². The van der Waals surface area contributed by atoms with Gasteiger partial charge in [-0.2, -0.15) is 0 Å². The van der Waals surface area contributed by atoms with Crippen LogP contribution in [0, 0.1) is 10.1 Å². The number of nitro groups is 1. The number of nitrogens with zero attached hydrogens (tertiary/aromatic N) is 2. The number of hydrogen-bond donors (Lipinski definition) is 1. The van der Waals surface area contributed by atoms with Crippen molar-refractivity contribution in [2.75, 3.05) is 18.5 Å². The Morgan fingerprint density at radius 3 is 2.56 bits per heavy atom. The first-order chi connectivity index (χ1) is 8.24. The van der Waals surface area contributed by atoms with E-state index in [0.29, 0.717) is 12.0 Å². The molecule has 0 aliphatic carbocycles. The first-order valence-electron chi connectivity index (χ1n) is 5.42. The number of benzene rings is 1. The molecule has 0 saturated carbocycles. The SMILES string of the molecule is CN(CC(C)(C)O)c1ccc(C=O)cc1[N+](=O)[O-]. The fraction of sp³-hybridized carbons (Fsp3) is 0.417. The van der Waals surface area contributed by atoms with Gasteiger partial charge in [-0.05, 0) is 26.0 Å². The molecule has 0 bridgehead atoms. The van der Waals surface area contributed by atoms with Gasteiger partial charge in [0, 0.05) is 25.2 Å². The maximum Gasteiger partial charge on any atom is 0.293 e. The van der Waals surface area contributed by atoms with Gasteiger partial charge in [0.25, 0.3) is 5.69 Å². The van der Waals surface area contributed by atoms with Crippen LogP contribution in [0.3, 0.4) is 0 Å². The first kappa shape index (κ1) is 14.1. The lowest BCUT2D eigenvalue weighted by Gasteiger charge is -2.26. The molecule has 0 fully saturated rings. The molecule has 0 heterocycles. The third kappa shape index (κ3) is 3.53. The van der Waals surface area contributed by atoms with E-state index in [0.717, 1.165) is 0 Å². The average Bonchev–Trinajstić information content (AvgIpc) is 2.25. The minimum absolute atomic E-state index is 0.147. The second kappa shape index (κ2) is 5.14. The molecule has 0 radical (unpaired) electrons. The molecule has 0 saturated heterocycles. The standard InChI is InChI=1S/C12H16N2O4/c1-12(2,16)8-13(3)10-5-4-9(7-15)6-11(10)14(17)18/h4-7,16H,8H2,1-3H3. The fourth-order valence-electron chi connectivity index (χ4n) is 1.75. The predicted molar refractivity (Wildman–Crippen MR) is 68.1 cm³/mol. The van der Waals surface area contributed by atoms with Crippen molar-refractivity contribution in [3.8, 4) is 0 Å². The largest absolute Gasteiger partial charge is 0.389 e. The molecule has 0 spiro atoms. The number of hydrogen-bond acceptors (Lipinski definition) is 5. The van der Waals surface area contributed by atoms with Gasteiger partial charge in [0.2, 0.25) is 0 Å². The summed E-state index contributed by atoms with van der Waals surface area (Å²) >= 11 is 0. The molecular weight excluding hydrogens is 236 g/mol. The molecule has 98 valence electrons. The summed E-state index contributed by atoms with van der Waals surface area (Å²) in [6, 6.07) is 4.24. The van der Waals surface area contributed by atoms with E-state index in [1.165, 1.54) is 18.2 Å². The van der Waals surface area contributed by atoms with Crippen LogP contribution in [-0.2, 0) is 0 Å². The fourth-order valence-corrected chi connectivity index (χ4v) is 1.75. The van der Waals surface area contributed by atoms with Crippen molar-refractivity contribution in [1.29, 1.82) is 0 Å². The maximum atomic E-state index is 11.0. The molecule has 6 heteroatoms. The van der Waals surface area contributed by atoms with E-state index in [4.69, 9.17) is 0 Å². The molecule has 18 heavy (non-hydrogen) atoms. The van der Waals surface area contributed by atoms with Crippen molar-refractivity contribution in [3.63, 3.8) is 0 Å². The summed E-state index contributed by atoms with van der Waals surface area (Å²) in [6.45, 7) is 3.48. The van der Waals surface area contributed by atoms with Gasteiger partial charge in [-0.15, -0.1) is 0 Å². The number of anilines is 1. The van der Waals surface area contributed by atoms with Gasteiger partial charge in [0.1, 0.15) is 12.0 Å². The van der Waals surface area contributed by atoms with Crippen LogP contribution in [-0.4, -0.2) is 35.5 Å². The summed E-state index contributed by atoms with van der Waals surface area (Å²) in [5, 5.41) is 20.7. The van der Waals surface area contributed by atoms with Crippen LogP contribution in [0.2, 0.25) is 0 Å². The van der Waals surface area contributed by atoms with Gasteiger partial charge < -0.3 is 10.0 Å². The number of carbonyl (C=O) groups is 1. The average molecular weight is 252 g/mol. The molecule has 0 atom stereocenters.